The van der Waals surface area contributed by atoms with Gasteiger partial charge in [0.1, 0.15) is 18.1 Å². The topological polar surface area (TPSA) is 52.6 Å². The molecule has 0 N–H and O–H groups in total. The quantitative estimate of drug-likeness (QED) is 0.585. The number of ether oxygens (including phenoxy) is 2. The lowest BCUT2D eigenvalue weighted by Gasteiger charge is -2.05. The summed E-state index contributed by atoms with van der Waals surface area (Å²) in [5.74, 6) is 0.432. The molecule has 1 aromatic carbocycles. The van der Waals surface area contributed by atoms with Crippen LogP contribution < -0.4 is 4.74 Å². The van der Waals surface area contributed by atoms with E-state index in [2.05, 4.69) is 0 Å². The number of benzene rings is 1. The molecule has 5 heteroatoms. The van der Waals surface area contributed by atoms with Crippen molar-refractivity contribution in [3.05, 3.63) is 29.3 Å². The fraction of sp³-hybridized carbons (Fsp3) is 0.385. The van der Waals surface area contributed by atoms with E-state index in [0.29, 0.717) is 17.2 Å². The monoisotopic (exact) mass is 270 g/mol. The van der Waals surface area contributed by atoms with Crippen LogP contribution in [0, 0.1) is 0 Å². The third kappa shape index (κ3) is 5.68. The summed E-state index contributed by atoms with van der Waals surface area (Å²) >= 11 is 5.69. The lowest BCUT2D eigenvalue weighted by atomic mass is 10.2. The van der Waals surface area contributed by atoms with Crippen LogP contribution in [-0.4, -0.2) is 18.5 Å². The lowest BCUT2D eigenvalue weighted by molar-refractivity contribution is -0.119. The van der Waals surface area contributed by atoms with E-state index in [-0.39, 0.29) is 18.8 Å². The van der Waals surface area contributed by atoms with Crippen LogP contribution in [0.4, 0.5) is 4.79 Å². The van der Waals surface area contributed by atoms with E-state index in [4.69, 9.17) is 21.1 Å². The van der Waals surface area contributed by atoms with Crippen molar-refractivity contribution < 1.29 is 19.1 Å². The maximum atomic E-state index is 11.2. The van der Waals surface area contributed by atoms with Crippen molar-refractivity contribution in [1.82, 2.24) is 0 Å². The summed E-state index contributed by atoms with van der Waals surface area (Å²) in [6, 6.07) is 6.33. The van der Waals surface area contributed by atoms with Crippen molar-refractivity contribution >= 4 is 23.5 Å². The molecule has 0 fully saturated rings. The van der Waals surface area contributed by atoms with Gasteiger partial charge in [-0.1, -0.05) is 18.5 Å². The second-order valence-electron chi connectivity index (χ2n) is 3.69. The Bertz CT molecular complexity index is 400. The average molecular weight is 271 g/mol. The first kappa shape index (κ1) is 14.5. The molecule has 1 rings (SSSR count). The summed E-state index contributed by atoms with van der Waals surface area (Å²) < 4.78 is 9.66. The van der Waals surface area contributed by atoms with Crippen LogP contribution >= 0.6 is 11.6 Å². The molecule has 0 unspecified atom stereocenters. The van der Waals surface area contributed by atoms with Gasteiger partial charge in [-0.3, -0.25) is 4.79 Å². The summed E-state index contributed by atoms with van der Waals surface area (Å²) in [7, 11) is 0. The zero-order valence-corrected chi connectivity index (χ0v) is 10.9. The summed E-state index contributed by atoms with van der Waals surface area (Å²) in [4.78, 5) is 22.4. The smallest absolute Gasteiger partial charge is 0.434 e. The molecule has 0 aliphatic rings. The molecule has 0 aliphatic heterocycles. The number of Topliss-reactive ketones (excluding diaryl/α,β-unsaturated/α-hetero) is 1. The molecule has 0 amide bonds. The van der Waals surface area contributed by atoms with Crippen LogP contribution in [0.1, 0.15) is 26.2 Å². The highest BCUT2D eigenvalue weighted by Crippen LogP contribution is 2.15. The van der Waals surface area contributed by atoms with Crippen LogP contribution in [-0.2, 0) is 9.53 Å². The number of hydrogen-bond acceptors (Lipinski definition) is 4. The molecule has 0 bridgehead atoms. The largest absolute Gasteiger partial charge is 0.513 e. The fourth-order valence-corrected chi connectivity index (χ4v) is 1.41. The molecule has 0 spiro atoms. The molecule has 0 saturated heterocycles. The molecule has 0 saturated carbocycles. The fourth-order valence-electron chi connectivity index (χ4n) is 1.28. The molecule has 4 nitrogen and oxygen atoms in total. The molecule has 0 atom stereocenters. The van der Waals surface area contributed by atoms with E-state index in [1.807, 2.05) is 6.92 Å². The lowest BCUT2D eigenvalue weighted by Crippen LogP contribution is -2.13. The Hall–Kier alpha value is -1.55. The Morgan fingerprint density at radius 3 is 2.44 bits per heavy atom. The molecular weight excluding hydrogens is 256 g/mol. The van der Waals surface area contributed by atoms with Crippen LogP contribution in [0.25, 0.3) is 0 Å². The number of ketones is 1. The van der Waals surface area contributed by atoms with E-state index in [1.54, 1.807) is 24.3 Å². The standard InChI is InChI=1S/C13H15ClO4/c1-2-3-11(15)8-9-17-13(16)18-12-6-4-10(14)5-7-12/h4-7H,2-3,8-9H2,1H3. The number of carbonyl (C=O) groups is 2. The number of hydrogen-bond donors (Lipinski definition) is 0. The molecule has 18 heavy (non-hydrogen) atoms. The van der Waals surface area contributed by atoms with Crippen molar-refractivity contribution in [1.29, 1.82) is 0 Å². The van der Waals surface area contributed by atoms with Gasteiger partial charge in [0.2, 0.25) is 0 Å². The molecule has 0 heterocycles. The van der Waals surface area contributed by atoms with Crippen LogP contribution in [0.2, 0.25) is 5.02 Å². The van der Waals surface area contributed by atoms with Gasteiger partial charge in [-0.25, -0.2) is 4.79 Å². The second kappa shape index (κ2) is 7.71. The SMILES string of the molecule is CCCC(=O)CCOC(=O)Oc1ccc(Cl)cc1. The molecule has 1 aromatic rings. The zero-order valence-electron chi connectivity index (χ0n) is 10.1. The van der Waals surface area contributed by atoms with Crippen LogP contribution in [0.3, 0.4) is 0 Å². The number of carbonyl (C=O) groups excluding carboxylic acids is 2. The van der Waals surface area contributed by atoms with E-state index in [0.717, 1.165) is 6.42 Å². The first-order valence-corrected chi connectivity index (χ1v) is 6.11. The Balaban J connectivity index is 2.25. The van der Waals surface area contributed by atoms with Crippen LogP contribution in [0.5, 0.6) is 5.75 Å². The van der Waals surface area contributed by atoms with Gasteiger partial charge in [-0.15, -0.1) is 0 Å². The highest BCUT2D eigenvalue weighted by atomic mass is 35.5. The van der Waals surface area contributed by atoms with E-state index in [1.165, 1.54) is 0 Å². The summed E-state index contributed by atoms with van der Waals surface area (Å²) in [6.45, 7) is 1.97. The molecule has 0 aromatic heterocycles. The Morgan fingerprint density at radius 2 is 1.83 bits per heavy atom. The highest BCUT2D eigenvalue weighted by Gasteiger charge is 2.07. The van der Waals surface area contributed by atoms with Gasteiger partial charge >= 0.3 is 6.16 Å². The van der Waals surface area contributed by atoms with Gasteiger partial charge in [-0.05, 0) is 30.7 Å². The maximum absolute atomic E-state index is 11.2. The molecular formula is C13H15ClO4. The highest BCUT2D eigenvalue weighted by molar-refractivity contribution is 6.30. The maximum Gasteiger partial charge on any atom is 0.513 e. The second-order valence-corrected chi connectivity index (χ2v) is 4.13. The van der Waals surface area contributed by atoms with Gasteiger partial charge < -0.3 is 9.47 Å². The van der Waals surface area contributed by atoms with E-state index in [9.17, 15) is 9.59 Å². The molecule has 98 valence electrons. The minimum Gasteiger partial charge on any atom is -0.434 e. The van der Waals surface area contributed by atoms with Gasteiger partial charge in [0.25, 0.3) is 0 Å². The summed E-state index contributed by atoms with van der Waals surface area (Å²) in [5.41, 5.74) is 0. The predicted octanol–water partition coefficient (Wildman–Crippen LogP) is 3.61. The van der Waals surface area contributed by atoms with Crippen molar-refractivity contribution in [3.63, 3.8) is 0 Å². The minimum atomic E-state index is -0.818. The molecule has 0 radical (unpaired) electrons. The van der Waals surface area contributed by atoms with Gasteiger partial charge in [0, 0.05) is 17.9 Å². The van der Waals surface area contributed by atoms with Crippen LogP contribution in [0.15, 0.2) is 24.3 Å². The summed E-state index contributed by atoms with van der Waals surface area (Å²) in [6.07, 6.45) is 0.717. The molecule has 0 aliphatic carbocycles. The number of rotatable bonds is 6. The zero-order chi connectivity index (χ0) is 13.4. The van der Waals surface area contributed by atoms with Crippen molar-refractivity contribution in [3.8, 4) is 5.75 Å². The Morgan fingerprint density at radius 1 is 1.17 bits per heavy atom. The normalized spacial score (nSPS) is 9.89. The minimum absolute atomic E-state index is 0.0469. The Kier molecular flexibility index (Phi) is 6.22. The van der Waals surface area contributed by atoms with Crippen molar-refractivity contribution in [2.45, 2.75) is 26.2 Å². The van der Waals surface area contributed by atoms with Crippen molar-refractivity contribution in [2.75, 3.05) is 6.61 Å². The first-order chi connectivity index (χ1) is 8.61. The average Bonchev–Trinajstić information content (AvgIpc) is 2.32. The summed E-state index contributed by atoms with van der Waals surface area (Å²) in [5, 5.41) is 0.556. The van der Waals surface area contributed by atoms with E-state index < -0.39 is 6.16 Å². The third-order valence-electron chi connectivity index (χ3n) is 2.14. The third-order valence-corrected chi connectivity index (χ3v) is 2.40. The predicted molar refractivity (Wildman–Crippen MR) is 68.0 cm³/mol. The van der Waals surface area contributed by atoms with Gasteiger partial charge in [-0.2, -0.15) is 0 Å². The van der Waals surface area contributed by atoms with Gasteiger partial charge in [0.05, 0.1) is 0 Å². The number of halogens is 1. The van der Waals surface area contributed by atoms with Gasteiger partial charge in [0.15, 0.2) is 0 Å². The Labute approximate surface area is 111 Å². The first-order valence-electron chi connectivity index (χ1n) is 5.73. The van der Waals surface area contributed by atoms with E-state index >= 15 is 0 Å². The van der Waals surface area contributed by atoms with Crippen molar-refractivity contribution in [2.24, 2.45) is 0 Å².